The van der Waals surface area contributed by atoms with Crippen molar-refractivity contribution in [3.8, 4) is 11.6 Å². The third-order valence-corrected chi connectivity index (χ3v) is 3.52. The van der Waals surface area contributed by atoms with E-state index in [2.05, 4.69) is 31.0 Å². The fourth-order valence-corrected chi connectivity index (χ4v) is 2.07. The largest absolute Gasteiger partial charge is 0.439 e. The molecule has 21 heavy (non-hydrogen) atoms. The molecule has 1 unspecified atom stereocenters. The van der Waals surface area contributed by atoms with Crippen LogP contribution in [0.15, 0.2) is 36.4 Å². The smallest absolute Gasteiger partial charge is 0.220 e. The van der Waals surface area contributed by atoms with Gasteiger partial charge in [0.25, 0.3) is 0 Å². The van der Waals surface area contributed by atoms with Gasteiger partial charge < -0.3 is 10.5 Å². The standard InChI is InChI=1S/C17H21N3O/c1-4-11(2)13-5-7-15(8-6-13)21-16-10-14(17(18)19)9-12(3)20-16/h5-11H,4H2,1-3H3,(H3,18,19). The molecule has 0 saturated heterocycles. The number of nitrogens with two attached hydrogens (primary N) is 1. The van der Waals surface area contributed by atoms with E-state index >= 15 is 0 Å². The topological polar surface area (TPSA) is 72.0 Å². The highest BCUT2D eigenvalue weighted by Gasteiger charge is 2.06. The van der Waals surface area contributed by atoms with Crippen molar-refractivity contribution in [3.05, 3.63) is 53.2 Å². The molecule has 0 bridgehead atoms. The van der Waals surface area contributed by atoms with Crippen molar-refractivity contribution < 1.29 is 4.74 Å². The molecule has 0 spiro atoms. The molecule has 3 N–H and O–H groups in total. The Labute approximate surface area is 125 Å². The molecule has 0 aliphatic carbocycles. The van der Waals surface area contributed by atoms with Crippen molar-refractivity contribution >= 4 is 5.84 Å². The number of nitrogens with one attached hydrogen (secondary N) is 1. The number of nitrogens with zero attached hydrogens (tertiary/aromatic N) is 1. The monoisotopic (exact) mass is 283 g/mol. The first-order valence-corrected chi connectivity index (χ1v) is 7.10. The van der Waals surface area contributed by atoms with Crippen LogP contribution in [0.25, 0.3) is 0 Å². The Morgan fingerprint density at radius 3 is 2.52 bits per heavy atom. The van der Waals surface area contributed by atoms with Crippen molar-refractivity contribution in [1.82, 2.24) is 4.98 Å². The third kappa shape index (κ3) is 3.81. The van der Waals surface area contributed by atoms with Gasteiger partial charge >= 0.3 is 0 Å². The maximum absolute atomic E-state index is 7.50. The first-order chi connectivity index (χ1) is 9.99. The molecule has 2 aromatic rings. The fraction of sp³-hybridized carbons (Fsp3) is 0.294. The van der Waals surface area contributed by atoms with Crippen LogP contribution in [0.1, 0.15) is 43.0 Å². The van der Waals surface area contributed by atoms with Gasteiger partial charge in [-0.25, -0.2) is 4.98 Å². The normalized spacial score (nSPS) is 12.0. The van der Waals surface area contributed by atoms with E-state index in [4.69, 9.17) is 15.9 Å². The fourth-order valence-electron chi connectivity index (χ4n) is 2.07. The van der Waals surface area contributed by atoms with Gasteiger partial charge in [0.2, 0.25) is 5.88 Å². The zero-order valence-corrected chi connectivity index (χ0v) is 12.7. The summed E-state index contributed by atoms with van der Waals surface area (Å²) in [5.41, 5.74) is 8.20. The summed E-state index contributed by atoms with van der Waals surface area (Å²) in [6, 6.07) is 11.5. The molecule has 1 aromatic carbocycles. The van der Waals surface area contributed by atoms with Crippen LogP contribution in [0.4, 0.5) is 0 Å². The second kappa shape index (κ2) is 6.39. The highest BCUT2D eigenvalue weighted by molar-refractivity contribution is 5.95. The van der Waals surface area contributed by atoms with Crippen LogP contribution in [-0.4, -0.2) is 10.8 Å². The molecule has 0 fully saturated rings. The van der Waals surface area contributed by atoms with Crippen molar-refractivity contribution in [2.45, 2.75) is 33.1 Å². The van der Waals surface area contributed by atoms with Crippen LogP contribution >= 0.6 is 0 Å². The number of aromatic nitrogens is 1. The van der Waals surface area contributed by atoms with Crippen LogP contribution < -0.4 is 10.5 Å². The summed E-state index contributed by atoms with van der Waals surface area (Å²) in [6.07, 6.45) is 1.11. The Bertz CT molecular complexity index is 635. The van der Waals surface area contributed by atoms with Gasteiger partial charge in [-0.2, -0.15) is 0 Å². The lowest BCUT2D eigenvalue weighted by Gasteiger charge is -2.11. The van der Waals surface area contributed by atoms with E-state index in [-0.39, 0.29) is 5.84 Å². The summed E-state index contributed by atoms with van der Waals surface area (Å²) in [4.78, 5) is 4.31. The second-order valence-corrected chi connectivity index (χ2v) is 5.23. The maximum atomic E-state index is 7.50. The number of hydrogen-bond donors (Lipinski definition) is 2. The van der Waals surface area contributed by atoms with Gasteiger partial charge in [-0.3, -0.25) is 5.41 Å². The minimum atomic E-state index is 0.0115. The predicted molar refractivity (Wildman–Crippen MR) is 85.2 cm³/mol. The van der Waals surface area contributed by atoms with E-state index < -0.39 is 0 Å². The highest BCUT2D eigenvalue weighted by Crippen LogP contribution is 2.25. The van der Waals surface area contributed by atoms with E-state index in [0.717, 1.165) is 17.9 Å². The van der Waals surface area contributed by atoms with E-state index in [1.54, 1.807) is 12.1 Å². The summed E-state index contributed by atoms with van der Waals surface area (Å²) in [5.74, 6) is 1.74. The van der Waals surface area contributed by atoms with Crippen molar-refractivity contribution in [1.29, 1.82) is 5.41 Å². The number of pyridine rings is 1. The highest BCUT2D eigenvalue weighted by atomic mass is 16.5. The lowest BCUT2D eigenvalue weighted by Crippen LogP contribution is -2.11. The molecule has 1 heterocycles. The third-order valence-electron chi connectivity index (χ3n) is 3.52. The summed E-state index contributed by atoms with van der Waals surface area (Å²) >= 11 is 0. The first kappa shape index (κ1) is 15.0. The van der Waals surface area contributed by atoms with E-state index in [9.17, 15) is 0 Å². The lowest BCUT2D eigenvalue weighted by molar-refractivity contribution is 0.461. The number of aryl methyl sites for hydroxylation is 1. The Hall–Kier alpha value is -2.36. The Morgan fingerprint density at radius 2 is 1.95 bits per heavy atom. The summed E-state index contributed by atoms with van der Waals surface area (Å²) in [7, 11) is 0. The van der Waals surface area contributed by atoms with Crippen LogP contribution in [-0.2, 0) is 0 Å². The number of ether oxygens (including phenoxy) is 1. The molecule has 1 aromatic heterocycles. The lowest BCUT2D eigenvalue weighted by atomic mass is 9.99. The predicted octanol–water partition coefficient (Wildman–Crippen LogP) is 3.98. The molecule has 0 amide bonds. The Morgan fingerprint density at radius 1 is 1.29 bits per heavy atom. The zero-order valence-electron chi connectivity index (χ0n) is 12.7. The van der Waals surface area contributed by atoms with Gasteiger partial charge in [-0.1, -0.05) is 26.0 Å². The van der Waals surface area contributed by atoms with Gasteiger partial charge in [-0.15, -0.1) is 0 Å². The molecule has 0 saturated carbocycles. The number of rotatable bonds is 5. The van der Waals surface area contributed by atoms with Crippen molar-refractivity contribution in [2.75, 3.05) is 0 Å². The first-order valence-electron chi connectivity index (χ1n) is 7.10. The molecule has 4 heteroatoms. The average molecular weight is 283 g/mol. The molecule has 0 aliphatic rings. The Kier molecular flexibility index (Phi) is 4.58. The van der Waals surface area contributed by atoms with E-state index in [0.29, 0.717) is 17.4 Å². The van der Waals surface area contributed by atoms with Gasteiger partial charge in [0.05, 0.1) is 0 Å². The maximum Gasteiger partial charge on any atom is 0.220 e. The van der Waals surface area contributed by atoms with Crippen LogP contribution in [0.2, 0.25) is 0 Å². The quantitative estimate of drug-likeness (QED) is 0.644. The zero-order chi connectivity index (χ0) is 15.4. The second-order valence-electron chi connectivity index (χ2n) is 5.23. The minimum absolute atomic E-state index is 0.0115. The molecular formula is C17H21N3O. The number of amidine groups is 1. The summed E-state index contributed by atoms with van der Waals surface area (Å²) in [5, 5.41) is 7.50. The average Bonchev–Trinajstić information content (AvgIpc) is 2.46. The molecule has 2 rings (SSSR count). The van der Waals surface area contributed by atoms with E-state index in [1.807, 2.05) is 19.1 Å². The number of hydrogen-bond acceptors (Lipinski definition) is 3. The molecule has 0 aliphatic heterocycles. The van der Waals surface area contributed by atoms with Gasteiger partial charge in [0, 0.05) is 17.3 Å². The molecular weight excluding hydrogens is 262 g/mol. The molecule has 4 nitrogen and oxygen atoms in total. The Balaban J connectivity index is 2.20. The number of nitrogen functional groups attached to an aromatic ring is 1. The van der Waals surface area contributed by atoms with Gasteiger partial charge in [0.15, 0.2) is 0 Å². The molecule has 0 radical (unpaired) electrons. The van der Waals surface area contributed by atoms with Crippen molar-refractivity contribution in [2.24, 2.45) is 5.73 Å². The summed E-state index contributed by atoms with van der Waals surface area (Å²) in [6.45, 7) is 6.23. The summed E-state index contributed by atoms with van der Waals surface area (Å²) < 4.78 is 5.76. The molecule has 110 valence electrons. The molecule has 1 atom stereocenters. The van der Waals surface area contributed by atoms with Gasteiger partial charge in [-0.05, 0) is 43.0 Å². The van der Waals surface area contributed by atoms with Crippen LogP contribution in [0, 0.1) is 12.3 Å². The minimum Gasteiger partial charge on any atom is -0.439 e. The van der Waals surface area contributed by atoms with Gasteiger partial charge in [0.1, 0.15) is 11.6 Å². The number of benzene rings is 1. The van der Waals surface area contributed by atoms with E-state index in [1.165, 1.54) is 5.56 Å². The van der Waals surface area contributed by atoms with Crippen LogP contribution in [0.5, 0.6) is 11.6 Å². The van der Waals surface area contributed by atoms with Crippen LogP contribution in [0.3, 0.4) is 0 Å². The SMILES string of the molecule is CCC(C)c1ccc(Oc2cc(C(=N)N)cc(C)n2)cc1. The van der Waals surface area contributed by atoms with Crippen molar-refractivity contribution in [3.63, 3.8) is 0 Å².